The number of fused-ring (bicyclic) bond motifs is 1. The number of carboxylic acid groups (broad SMARTS) is 1. The van der Waals surface area contributed by atoms with Gasteiger partial charge in [-0.3, -0.25) is 0 Å². The van der Waals surface area contributed by atoms with Gasteiger partial charge < -0.3 is 25.8 Å². The molecule has 1 aromatic heterocycles. The van der Waals surface area contributed by atoms with Crippen molar-refractivity contribution in [1.82, 2.24) is 15.3 Å². The molecule has 3 aromatic rings. The van der Waals surface area contributed by atoms with Crippen molar-refractivity contribution in [2.24, 2.45) is 0 Å². The minimum absolute atomic E-state index is 0.0860. The number of nitrogens with one attached hydrogen (secondary N) is 3. The standard InChI is InChI=1S/C24H24ClN5O5S/c1-13(2)36(33,34)21-7-5-4-6-17(21)28-22-16(25)12-27-24(30-22)29-18-8-14-9-19(23(31)32)26-11-15(14)10-20(18)35-3/h4-10,12-13,26H,11H2,1-3H3,(H,31,32)(H2,27,28,29,30). The Balaban J connectivity index is 1.68. The molecular formula is C24H24ClN5O5S. The lowest BCUT2D eigenvalue weighted by atomic mass is 10.0. The van der Waals surface area contributed by atoms with Crippen LogP contribution in [-0.4, -0.2) is 41.8 Å². The van der Waals surface area contributed by atoms with E-state index in [0.717, 1.165) is 5.56 Å². The zero-order valence-electron chi connectivity index (χ0n) is 19.7. The molecule has 0 unspecified atom stereocenters. The molecule has 188 valence electrons. The maximum atomic E-state index is 12.8. The molecule has 0 spiro atoms. The predicted molar refractivity (Wildman–Crippen MR) is 138 cm³/mol. The van der Waals surface area contributed by atoms with Crippen molar-refractivity contribution >= 4 is 56.6 Å². The number of carboxylic acids is 1. The van der Waals surface area contributed by atoms with Gasteiger partial charge in [0.15, 0.2) is 15.7 Å². The van der Waals surface area contributed by atoms with Crippen molar-refractivity contribution in [1.29, 1.82) is 0 Å². The van der Waals surface area contributed by atoms with Crippen LogP contribution in [0.5, 0.6) is 5.75 Å². The highest BCUT2D eigenvalue weighted by atomic mass is 35.5. The van der Waals surface area contributed by atoms with Gasteiger partial charge >= 0.3 is 5.97 Å². The Hall–Kier alpha value is -3.83. The van der Waals surface area contributed by atoms with Gasteiger partial charge in [0, 0.05) is 6.54 Å². The van der Waals surface area contributed by atoms with E-state index >= 15 is 0 Å². The second-order valence-corrected chi connectivity index (χ2v) is 11.1. The number of hydrogen-bond donors (Lipinski definition) is 4. The van der Waals surface area contributed by atoms with Crippen LogP contribution in [0, 0.1) is 0 Å². The normalized spacial score (nSPS) is 12.9. The number of aromatic nitrogens is 2. The maximum Gasteiger partial charge on any atom is 0.351 e. The summed E-state index contributed by atoms with van der Waals surface area (Å²) in [6.45, 7) is 3.57. The third-order valence-corrected chi connectivity index (χ3v) is 8.01. The lowest BCUT2D eigenvalue weighted by Gasteiger charge is -2.20. The van der Waals surface area contributed by atoms with E-state index in [1.165, 1.54) is 25.4 Å². The van der Waals surface area contributed by atoms with Gasteiger partial charge in [-0.2, -0.15) is 4.98 Å². The van der Waals surface area contributed by atoms with Gasteiger partial charge in [0.2, 0.25) is 5.95 Å². The molecule has 12 heteroatoms. The highest BCUT2D eigenvalue weighted by Crippen LogP contribution is 2.34. The average molecular weight is 530 g/mol. The molecule has 0 aliphatic carbocycles. The number of benzene rings is 2. The molecule has 0 saturated heterocycles. The zero-order valence-corrected chi connectivity index (χ0v) is 21.2. The van der Waals surface area contributed by atoms with Gasteiger partial charge in [0.25, 0.3) is 0 Å². The number of halogens is 1. The average Bonchev–Trinajstić information content (AvgIpc) is 2.85. The minimum Gasteiger partial charge on any atom is -0.495 e. The van der Waals surface area contributed by atoms with E-state index in [4.69, 9.17) is 16.3 Å². The molecule has 0 bridgehead atoms. The number of para-hydroxylation sites is 1. The summed E-state index contributed by atoms with van der Waals surface area (Å²) in [6.07, 6.45) is 2.92. The number of aliphatic carboxylic acids is 1. The van der Waals surface area contributed by atoms with Gasteiger partial charge in [-0.05, 0) is 55.3 Å². The molecule has 0 amide bonds. The molecule has 1 aliphatic rings. The molecule has 0 saturated carbocycles. The summed E-state index contributed by atoms with van der Waals surface area (Å²) in [5, 5.41) is 17.8. The van der Waals surface area contributed by atoms with Crippen LogP contribution in [0.15, 0.2) is 53.2 Å². The molecule has 0 atom stereocenters. The molecule has 1 aliphatic heterocycles. The van der Waals surface area contributed by atoms with E-state index in [0.29, 0.717) is 29.2 Å². The van der Waals surface area contributed by atoms with Crippen LogP contribution in [0.2, 0.25) is 5.02 Å². The topological polar surface area (TPSA) is 143 Å². The van der Waals surface area contributed by atoms with E-state index in [2.05, 4.69) is 25.9 Å². The Morgan fingerprint density at radius 3 is 2.64 bits per heavy atom. The Morgan fingerprint density at radius 1 is 1.19 bits per heavy atom. The molecule has 0 radical (unpaired) electrons. The first kappa shape index (κ1) is 25.3. The van der Waals surface area contributed by atoms with Crippen molar-refractivity contribution in [3.05, 3.63) is 64.4 Å². The summed E-state index contributed by atoms with van der Waals surface area (Å²) in [5.74, 6) is -0.179. The molecule has 2 aromatic carbocycles. The van der Waals surface area contributed by atoms with Gasteiger partial charge in [-0.15, -0.1) is 0 Å². The number of hydrogen-bond acceptors (Lipinski definition) is 9. The molecule has 4 N–H and O–H groups in total. The lowest BCUT2D eigenvalue weighted by molar-refractivity contribution is -0.133. The van der Waals surface area contributed by atoms with Crippen LogP contribution in [-0.2, 0) is 21.2 Å². The summed E-state index contributed by atoms with van der Waals surface area (Å²) < 4.78 is 31.1. The summed E-state index contributed by atoms with van der Waals surface area (Å²) in [7, 11) is -2.04. The Morgan fingerprint density at radius 2 is 1.94 bits per heavy atom. The van der Waals surface area contributed by atoms with Crippen LogP contribution < -0.4 is 20.7 Å². The highest BCUT2D eigenvalue weighted by Gasteiger charge is 2.23. The first-order chi connectivity index (χ1) is 17.1. The van der Waals surface area contributed by atoms with E-state index in [1.54, 1.807) is 44.2 Å². The number of ether oxygens (including phenoxy) is 1. The SMILES string of the molecule is COc1cc2c(cc1Nc1ncc(Cl)c(Nc3ccccc3S(=O)(=O)C(C)C)n1)C=C(C(=O)O)NC2. The van der Waals surface area contributed by atoms with Crippen molar-refractivity contribution in [2.45, 2.75) is 30.5 Å². The molecule has 10 nitrogen and oxygen atoms in total. The third kappa shape index (κ3) is 5.07. The minimum atomic E-state index is -3.56. The Kier molecular flexibility index (Phi) is 7.04. The first-order valence-electron chi connectivity index (χ1n) is 10.9. The summed E-state index contributed by atoms with van der Waals surface area (Å²) >= 11 is 6.32. The Bertz CT molecular complexity index is 1470. The zero-order chi connectivity index (χ0) is 26.0. The third-order valence-electron chi connectivity index (χ3n) is 5.52. The fourth-order valence-corrected chi connectivity index (χ4v) is 4.90. The van der Waals surface area contributed by atoms with Crippen LogP contribution in [0.1, 0.15) is 25.0 Å². The summed E-state index contributed by atoms with van der Waals surface area (Å²) in [4.78, 5) is 20.1. The summed E-state index contributed by atoms with van der Waals surface area (Å²) in [6, 6.07) is 10.1. The van der Waals surface area contributed by atoms with Gasteiger partial charge in [-0.25, -0.2) is 18.2 Å². The lowest BCUT2D eigenvalue weighted by Crippen LogP contribution is -2.23. The highest BCUT2D eigenvalue weighted by molar-refractivity contribution is 7.92. The second-order valence-electron chi connectivity index (χ2n) is 8.20. The quantitative estimate of drug-likeness (QED) is 0.333. The molecule has 2 heterocycles. The number of sulfone groups is 1. The number of carbonyl (C=O) groups is 1. The predicted octanol–water partition coefficient (Wildman–Crippen LogP) is 4.34. The first-order valence-corrected chi connectivity index (χ1v) is 12.8. The number of nitrogens with zero attached hydrogens (tertiary/aromatic N) is 2. The monoisotopic (exact) mass is 529 g/mol. The van der Waals surface area contributed by atoms with Crippen molar-refractivity contribution < 1.29 is 23.1 Å². The van der Waals surface area contributed by atoms with Crippen LogP contribution >= 0.6 is 11.6 Å². The van der Waals surface area contributed by atoms with E-state index in [1.807, 2.05) is 0 Å². The molecular weight excluding hydrogens is 506 g/mol. The van der Waals surface area contributed by atoms with E-state index in [-0.39, 0.29) is 27.4 Å². The summed E-state index contributed by atoms with van der Waals surface area (Å²) in [5.41, 5.74) is 2.50. The van der Waals surface area contributed by atoms with Crippen molar-refractivity contribution in [2.75, 3.05) is 17.7 Å². The fourth-order valence-electron chi connectivity index (χ4n) is 3.56. The van der Waals surface area contributed by atoms with Gasteiger partial charge in [0.1, 0.15) is 16.5 Å². The molecule has 0 fully saturated rings. The van der Waals surface area contributed by atoms with Crippen molar-refractivity contribution in [3.63, 3.8) is 0 Å². The van der Waals surface area contributed by atoms with Gasteiger partial charge in [0.05, 0.1) is 34.8 Å². The van der Waals surface area contributed by atoms with Crippen LogP contribution in [0.25, 0.3) is 6.08 Å². The van der Waals surface area contributed by atoms with Gasteiger partial charge in [-0.1, -0.05) is 23.7 Å². The van der Waals surface area contributed by atoms with Crippen LogP contribution in [0.3, 0.4) is 0 Å². The fraction of sp³-hybridized carbons (Fsp3) is 0.208. The molecule has 36 heavy (non-hydrogen) atoms. The smallest absolute Gasteiger partial charge is 0.351 e. The number of methoxy groups -OCH3 is 1. The second kappa shape index (κ2) is 10.0. The Labute approximate surface area is 213 Å². The largest absolute Gasteiger partial charge is 0.495 e. The van der Waals surface area contributed by atoms with Crippen molar-refractivity contribution in [3.8, 4) is 5.75 Å². The number of rotatable bonds is 8. The van der Waals surface area contributed by atoms with E-state index in [9.17, 15) is 18.3 Å². The molecule has 4 rings (SSSR count). The maximum absolute atomic E-state index is 12.8. The van der Waals surface area contributed by atoms with E-state index < -0.39 is 21.1 Å². The van der Waals surface area contributed by atoms with Crippen LogP contribution in [0.4, 0.5) is 23.1 Å². The number of anilines is 4.